The van der Waals surface area contributed by atoms with E-state index in [0.717, 1.165) is 12.1 Å². The molecular weight excluding hydrogens is 910 g/mol. The molecule has 6 aromatic rings. The summed E-state index contributed by atoms with van der Waals surface area (Å²) in [5.74, 6) is -1.08. The van der Waals surface area contributed by atoms with Crippen molar-refractivity contribution in [1.29, 1.82) is 0 Å². The average Bonchev–Trinajstić information content (AvgIpc) is 3.15. The summed E-state index contributed by atoms with van der Waals surface area (Å²) in [6, 6.07) is 22.5. The molecule has 0 aliphatic rings. The molecule has 0 amide bonds. The Bertz CT molecular complexity index is 2640. The molecule has 0 atom stereocenters. The summed E-state index contributed by atoms with van der Waals surface area (Å²) in [4.78, 5) is 20.2. The number of hydrogen-bond acceptors (Lipinski definition) is 16. The van der Waals surface area contributed by atoms with Gasteiger partial charge in [-0.3, -0.25) is 20.2 Å². The van der Waals surface area contributed by atoms with Gasteiger partial charge in [0.2, 0.25) is 0 Å². The maximum atomic E-state index is 11.5. The number of azo groups is 2. The van der Waals surface area contributed by atoms with E-state index >= 15 is 0 Å². The van der Waals surface area contributed by atoms with Crippen LogP contribution in [0.5, 0.6) is 11.5 Å². The minimum absolute atomic E-state index is 0. The second-order valence-corrected chi connectivity index (χ2v) is 14.4. The Balaban J connectivity index is 0.000000248. The van der Waals surface area contributed by atoms with Gasteiger partial charge >= 0.3 is 48.9 Å². The third kappa shape index (κ3) is 9.87. The van der Waals surface area contributed by atoms with E-state index in [1.165, 1.54) is 48.5 Å². The van der Waals surface area contributed by atoms with Crippen molar-refractivity contribution in [3.8, 4) is 11.5 Å². The predicted molar refractivity (Wildman–Crippen MR) is 206 cm³/mol. The molecule has 2 N–H and O–H groups in total. The number of nitro groups is 2. The van der Waals surface area contributed by atoms with Gasteiger partial charge in [-0.15, -0.1) is 20.5 Å². The molecule has 0 aliphatic carbocycles. The number of nitro benzene ring substituents is 2. The zero-order valence-electron chi connectivity index (χ0n) is 29.8. The van der Waals surface area contributed by atoms with Crippen molar-refractivity contribution in [2.75, 3.05) is 0 Å². The van der Waals surface area contributed by atoms with E-state index in [1.54, 1.807) is 50.2 Å². The van der Waals surface area contributed by atoms with Crippen molar-refractivity contribution in [2.45, 2.75) is 36.5 Å². The van der Waals surface area contributed by atoms with Gasteiger partial charge in [0.15, 0.2) is 0 Å². The van der Waals surface area contributed by atoms with Crippen LogP contribution in [-0.4, -0.2) is 94.9 Å². The number of nitrogens with zero attached hydrogens (tertiary/aromatic N) is 6. The molecule has 21 heteroatoms. The van der Waals surface area contributed by atoms with Crippen molar-refractivity contribution in [2.24, 2.45) is 20.5 Å². The quantitative estimate of drug-likeness (QED) is 0.0431. The Labute approximate surface area is 364 Å². The smallest absolute Gasteiger partial charge is 0.744 e. The number of hydrogen-bond donors (Lipinski definition) is 2. The maximum absolute atomic E-state index is 11.5. The van der Waals surface area contributed by atoms with Crippen LogP contribution in [0, 0.1) is 20.2 Å². The molecule has 0 aromatic heterocycles. The molecule has 0 fully saturated rings. The Morgan fingerprint density at radius 2 is 0.877 bits per heavy atom. The Kier molecular flexibility index (Phi) is 14.4. The minimum atomic E-state index is -4.82. The first kappa shape index (κ1) is 44.5. The van der Waals surface area contributed by atoms with Crippen molar-refractivity contribution in [1.82, 2.24) is 0 Å². The van der Waals surface area contributed by atoms with Crippen LogP contribution >= 0.6 is 0 Å². The summed E-state index contributed by atoms with van der Waals surface area (Å²) in [7, 11) is -9.64. The number of rotatable bonds is 10. The minimum Gasteiger partial charge on any atom is -0.744 e. The largest absolute Gasteiger partial charge is 2.00 e. The monoisotopic (exact) mass is 938 g/mol. The summed E-state index contributed by atoms with van der Waals surface area (Å²) in [5, 5.41) is 59.5. The normalized spacial score (nSPS) is 11.7. The molecule has 6 rings (SSSR count). The van der Waals surface area contributed by atoms with Crippen LogP contribution in [0.15, 0.2) is 127 Å². The molecule has 288 valence electrons. The van der Waals surface area contributed by atoms with E-state index in [0.29, 0.717) is 24.0 Å². The van der Waals surface area contributed by atoms with E-state index in [2.05, 4.69) is 20.5 Å². The van der Waals surface area contributed by atoms with Gasteiger partial charge in [-0.2, -0.15) is 0 Å². The van der Waals surface area contributed by atoms with Gasteiger partial charge in [0.1, 0.15) is 43.1 Å². The van der Waals surface area contributed by atoms with Crippen molar-refractivity contribution in [3.05, 3.63) is 128 Å². The molecule has 6 aromatic carbocycles. The van der Waals surface area contributed by atoms with Crippen molar-refractivity contribution < 1.29 is 46.0 Å². The molecule has 0 bridgehead atoms. The zero-order valence-corrected chi connectivity index (χ0v) is 35.9. The number of fused-ring (bicyclic) bond motifs is 2. The maximum Gasteiger partial charge on any atom is 2.00 e. The van der Waals surface area contributed by atoms with Crippen LogP contribution in [0.4, 0.5) is 34.1 Å². The molecule has 0 saturated carbocycles. The SMILES string of the molecule is CCc1c(N=Nc2c(O)cc(S(=O)(=O)[O-])c3ccccc23)cccc1[N+](=O)[O-].CCc1c(N=Nc2c(O)cc(S(=O)(=O)[O-])c3ccccc23)cccc1[N+](=O)[O-].[Ba+2]. The summed E-state index contributed by atoms with van der Waals surface area (Å²) in [5.41, 5.74) is 0.966. The Morgan fingerprint density at radius 1 is 0.544 bits per heavy atom. The van der Waals surface area contributed by atoms with Gasteiger partial charge in [-0.25, -0.2) is 16.8 Å². The number of phenolic OH excluding ortho intramolecular Hbond substituents is 2. The second kappa shape index (κ2) is 18.4. The van der Waals surface area contributed by atoms with Crippen LogP contribution in [0.25, 0.3) is 21.5 Å². The molecule has 0 aliphatic heterocycles. The fourth-order valence-corrected chi connectivity index (χ4v) is 7.24. The molecule has 0 unspecified atom stereocenters. The van der Waals surface area contributed by atoms with E-state index in [-0.39, 0.29) is 105 Å². The summed E-state index contributed by atoms with van der Waals surface area (Å²) in [6.07, 6.45) is 0.678. The van der Waals surface area contributed by atoms with Gasteiger partial charge in [0.25, 0.3) is 11.4 Å². The molecule has 0 saturated heterocycles. The first-order valence-electron chi connectivity index (χ1n) is 16.2. The van der Waals surface area contributed by atoms with Gasteiger partial charge in [-0.05, 0) is 25.0 Å². The molecular formula is C36H28BaN6O12S2. The molecule has 0 radical (unpaired) electrons. The topological polar surface area (TPSA) is 291 Å². The van der Waals surface area contributed by atoms with E-state index < -0.39 is 51.4 Å². The third-order valence-corrected chi connectivity index (χ3v) is 10.1. The number of phenols is 2. The standard InChI is InChI=1S/2C18H15N3O6S.Ba/c2*1-2-11-14(8-5-9-15(11)21(23)24)19-20-18-13-7-4-3-6-12(13)17(10-16(18)22)28(25,26)27;/h2*3-10,22H,2H2,1H3,(H,25,26,27);/q;;+2/p-2. The van der Waals surface area contributed by atoms with E-state index in [9.17, 15) is 56.4 Å². The fourth-order valence-electron chi connectivity index (χ4n) is 5.84. The molecule has 0 heterocycles. The van der Waals surface area contributed by atoms with Gasteiger partial charge in [0, 0.05) is 45.8 Å². The Morgan fingerprint density at radius 3 is 1.18 bits per heavy atom. The summed E-state index contributed by atoms with van der Waals surface area (Å²) < 4.78 is 68.9. The molecule has 0 spiro atoms. The van der Waals surface area contributed by atoms with Gasteiger partial charge in [-0.1, -0.05) is 74.5 Å². The van der Waals surface area contributed by atoms with Crippen LogP contribution < -0.4 is 0 Å². The first-order chi connectivity index (χ1) is 26.5. The van der Waals surface area contributed by atoms with Crippen LogP contribution in [0.1, 0.15) is 25.0 Å². The zero-order chi connectivity index (χ0) is 40.9. The molecule has 18 nitrogen and oxygen atoms in total. The second-order valence-electron chi connectivity index (χ2n) is 11.7. The third-order valence-electron chi connectivity index (χ3n) is 8.32. The summed E-state index contributed by atoms with van der Waals surface area (Å²) in [6.45, 7) is 3.48. The first-order valence-corrected chi connectivity index (χ1v) is 19.1. The van der Waals surface area contributed by atoms with E-state index in [4.69, 9.17) is 0 Å². The molecule has 57 heavy (non-hydrogen) atoms. The van der Waals surface area contributed by atoms with E-state index in [1.807, 2.05) is 0 Å². The number of benzene rings is 6. The van der Waals surface area contributed by atoms with Crippen molar-refractivity contribution >= 4 is 125 Å². The number of aromatic hydroxyl groups is 2. The van der Waals surface area contributed by atoms with Crippen LogP contribution in [-0.2, 0) is 33.1 Å². The van der Waals surface area contributed by atoms with Crippen LogP contribution in [0.3, 0.4) is 0 Å². The fraction of sp³-hybridized carbons (Fsp3) is 0.111. The van der Waals surface area contributed by atoms with Gasteiger partial charge < -0.3 is 19.3 Å². The van der Waals surface area contributed by atoms with Gasteiger partial charge in [0.05, 0.1) is 42.1 Å². The predicted octanol–water partition coefficient (Wildman–Crippen LogP) is 8.29. The average molecular weight is 938 g/mol. The summed E-state index contributed by atoms with van der Waals surface area (Å²) >= 11 is 0. The Hall–Kier alpha value is -5.17. The van der Waals surface area contributed by atoms with Crippen molar-refractivity contribution in [3.63, 3.8) is 0 Å². The van der Waals surface area contributed by atoms with Crippen LogP contribution in [0.2, 0.25) is 0 Å².